The first-order chi connectivity index (χ1) is 8.70. The number of rotatable bonds is 4. The Balaban J connectivity index is 2.15. The predicted octanol–water partition coefficient (Wildman–Crippen LogP) is 3.31. The molecule has 0 saturated carbocycles. The normalized spacial score (nSPS) is 10.4. The van der Waals surface area contributed by atoms with Crippen LogP contribution in [0.3, 0.4) is 0 Å². The quantitative estimate of drug-likeness (QED) is 0.918. The van der Waals surface area contributed by atoms with Gasteiger partial charge in [0.05, 0.1) is 16.6 Å². The Kier molecular flexibility index (Phi) is 4.48. The molecule has 2 nitrogen and oxygen atoms in total. The molecule has 0 bridgehead atoms. The molecule has 0 aromatic heterocycles. The largest absolute Gasteiger partial charge is 0.486 e. The topological polar surface area (TPSA) is 36.9 Å². The summed E-state index contributed by atoms with van der Waals surface area (Å²) in [6, 6.07) is 13.5. The lowest BCUT2D eigenvalue weighted by Crippen LogP contribution is -2.47. The third-order valence-corrected chi connectivity index (χ3v) is 3.13. The molecule has 18 heavy (non-hydrogen) atoms. The van der Waals surface area contributed by atoms with Crippen LogP contribution in [-0.2, 0) is 13.2 Å². The highest BCUT2D eigenvalue weighted by atomic mass is 35.5. The van der Waals surface area contributed by atoms with Gasteiger partial charge in [-0.15, -0.1) is 0 Å². The second kappa shape index (κ2) is 6.10. The molecule has 0 unspecified atom stereocenters. The molecule has 94 valence electrons. The van der Waals surface area contributed by atoms with Crippen LogP contribution in [0.4, 0.5) is 0 Å². The fraction of sp³-hybridized carbons (Fsp3) is 0.143. The Morgan fingerprint density at radius 2 is 1.56 bits per heavy atom. The van der Waals surface area contributed by atoms with Crippen LogP contribution in [0.25, 0.3) is 0 Å². The van der Waals surface area contributed by atoms with E-state index in [9.17, 15) is 0 Å². The Morgan fingerprint density at radius 3 is 2.11 bits per heavy atom. The van der Waals surface area contributed by atoms with Crippen molar-refractivity contribution in [3.8, 4) is 5.75 Å². The second-order valence-corrected chi connectivity index (χ2v) is 4.73. The molecule has 0 atom stereocenters. The van der Waals surface area contributed by atoms with Crippen molar-refractivity contribution in [3.05, 3.63) is 63.6 Å². The minimum Gasteiger partial charge on any atom is -0.486 e. The average Bonchev–Trinajstić information content (AvgIpc) is 2.38. The zero-order chi connectivity index (χ0) is 13.0. The molecule has 0 amide bonds. The van der Waals surface area contributed by atoms with Crippen molar-refractivity contribution in [2.75, 3.05) is 0 Å². The summed E-state index contributed by atoms with van der Waals surface area (Å²) in [7, 11) is 0. The van der Waals surface area contributed by atoms with Crippen molar-refractivity contribution in [1.82, 2.24) is 0 Å². The average molecular weight is 283 g/mol. The standard InChI is InChI=1S/C14H13Cl2NO/c15-12-6-11(8-17)7-13(16)14(12)18-9-10-4-2-1-3-5-10/h1-7H,8-9,17H2/p+1. The molecule has 0 heterocycles. The lowest BCUT2D eigenvalue weighted by atomic mass is 10.2. The third-order valence-electron chi connectivity index (χ3n) is 2.57. The van der Waals surface area contributed by atoms with E-state index in [1.54, 1.807) is 0 Å². The van der Waals surface area contributed by atoms with Crippen molar-refractivity contribution in [3.63, 3.8) is 0 Å². The monoisotopic (exact) mass is 282 g/mol. The molecule has 2 aromatic rings. The number of quaternary nitrogens is 1. The molecule has 2 rings (SSSR count). The summed E-state index contributed by atoms with van der Waals surface area (Å²) in [6.45, 7) is 1.10. The molecule has 0 aliphatic rings. The molecule has 3 N–H and O–H groups in total. The molecule has 0 radical (unpaired) electrons. The Hall–Kier alpha value is -1.22. The lowest BCUT2D eigenvalue weighted by molar-refractivity contribution is -0.386. The van der Waals surface area contributed by atoms with E-state index in [4.69, 9.17) is 27.9 Å². The van der Waals surface area contributed by atoms with Gasteiger partial charge in [-0.05, 0) is 17.7 Å². The first kappa shape index (κ1) is 13.2. The number of hydrogen-bond acceptors (Lipinski definition) is 1. The fourth-order valence-electron chi connectivity index (χ4n) is 1.62. The maximum absolute atomic E-state index is 6.14. The summed E-state index contributed by atoms with van der Waals surface area (Å²) in [5, 5.41) is 1.05. The molecule has 0 aliphatic carbocycles. The molecular weight excluding hydrogens is 269 g/mol. The van der Waals surface area contributed by atoms with Gasteiger partial charge in [0.25, 0.3) is 0 Å². The highest BCUT2D eigenvalue weighted by Gasteiger charge is 2.10. The SMILES string of the molecule is [NH3+]Cc1cc(Cl)c(OCc2ccccc2)c(Cl)c1. The van der Waals surface area contributed by atoms with Crippen LogP contribution >= 0.6 is 23.2 Å². The van der Waals surface area contributed by atoms with Crippen LogP contribution in [0.2, 0.25) is 10.0 Å². The highest BCUT2D eigenvalue weighted by Crippen LogP contribution is 2.34. The van der Waals surface area contributed by atoms with Crippen molar-refractivity contribution in [2.24, 2.45) is 0 Å². The number of halogens is 2. The van der Waals surface area contributed by atoms with Gasteiger partial charge in [0, 0.05) is 5.56 Å². The summed E-state index contributed by atoms with van der Waals surface area (Å²) in [4.78, 5) is 0. The maximum Gasteiger partial charge on any atom is 0.156 e. The van der Waals surface area contributed by atoms with Crippen LogP contribution in [0.15, 0.2) is 42.5 Å². The van der Waals surface area contributed by atoms with Crippen LogP contribution in [0, 0.1) is 0 Å². The second-order valence-electron chi connectivity index (χ2n) is 3.91. The van der Waals surface area contributed by atoms with Gasteiger partial charge in [-0.2, -0.15) is 0 Å². The van der Waals surface area contributed by atoms with Crippen molar-refractivity contribution in [2.45, 2.75) is 13.2 Å². The molecule has 0 spiro atoms. The van der Waals surface area contributed by atoms with Gasteiger partial charge in [-0.3, -0.25) is 0 Å². The first-order valence-electron chi connectivity index (χ1n) is 5.64. The molecule has 4 heteroatoms. The fourth-order valence-corrected chi connectivity index (χ4v) is 2.27. The number of ether oxygens (including phenoxy) is 1. The number of hydrogen-bond donors (Lipinski definition) is 1. The van der Waals surface area contributed by atoms with Crippen LogP contribution < -0.4 is 10.5 Å². The van der Waals surface area contributed by atoms with Gasteiger partial charge >= 0.3 is 0 Å². The molecule has 0 aliphatic heterocycles. The molecule has 0 saturated heterocycles. The van der Waals surface area contributed by atoms with Gasteiger partial charge in [0.1, 0.15) is 6.61 Å². The van der Waals surface area contributed by atoms with Crippen molar-refractivity contribution < 1.29 is 10.5 Å². The van der Waals surface area contributed by atoms with Gasteiger partial charge < -0.3 is 10.5 Å². The Bertz CT molecular complexity index is 506. The van der Waals surface area contributed by atoms with Gasteiger partial charge in [0.15, 0.2) is 5.75 Å². The Labute approximate surface area is 116 Å². The summed E-state index contributed by atoms with van der Waals surface area (Å²) in [6.07, 6.45) is 0. The van der Waals surface area contributed by atoms with E-state index >= 15 is 0 Å². The van der Waals surface area contributed by atoms with Crippen molar-refractivity contribution in [1.29, 1.82) is 0 Å². The van der Waals surface area contributed by atoms with Gasteiger partial charge in [0.2, 0.25) is 0 Å². The van der Waals surface area contributed by atoms with Gasteiger partial charge in [-0.1, -0.05) is 53.5 Å². The Morgan fingerprint density at radius 1 is 0.944 bits per heavy atom. The van der Waals surface area contributed by atoms with E-state index < -0.39 is 0 Å². The minimum atomic E-state index is 0.448. The van der Waals surface area contributed by atoms with E-state index in [0.717, 1.165) is 11.1 Å². The van der Waals surface area contributed by atoms with Crippen LogP contribution in [-0.4, -0.2) is 0 Å². The number of benzene rings is 2. The third kappa shape index (κ3) is 3.16. The predicted molar refractivity (Wildman–Crippen MR) is 73.8 cm³/mol. The van der Waals surface area contributed by atoms with Crippen molar-refractivity contribution >= 4 is 23.2 Å². The zero-order valence-corrected chi connectivity index (χ0v) is 11.3. The maximum atomic E-state index is 6.14. The summed E-state index contributed by atoms with van der Waals surface area (Å²) in [5.74, 6) is 0.527. The van der Waals surface area contributed by atoms with E-state index in [2.05, 4.69) is 5.73 Å². The highest BCUT2D eigenvalue weighted by molar-refractivity contribution is 6.37. The summed E-state index contributed by atoms with van der Waals surface area (Å²) in [5.41, 5.74) is 5.88. The summed E-state index contributed by atoms with van der Waals surface area (Å²) >= 11 is 12.3. The molecule has 2 aromatic carbocycles. The van der Waals surface area contributed by atoms with E-state index in [1.165, 1.54) is 0 Å². The van der Waals surface area contributed by atoms with Crippen LogP contribution in [0.1, 0.15) is 11.1 Å². The first-order valence-corrected chi connectivity index (χ1v) is 6.40. The molecular formula is C14H14Cl2NO+. The lowest BCUT2D eigenvalue weighted by Gasteiger charge is -2.11. The van der Waals surface area contributed by atoms with E-state index in [-0.39, 0.29) is 0 Å². The minimum absolute atomic E-state index is 0.448. The van der Waals surface area contributed by atoms with Crippen LogP contribution in [0.5, 0.6) is 5.75 Å². The summed E-state index contributed by atoms with van der Waals surface area (Å²) < 4.78 is 5.67. The zero-order valence-electron chi connectivity index (χ0n) is 9.83. The van der Waals surface area contributed by atoms with E-state index in [1.807, 2.05) is 42.5 Å². The molecule has 0 fully saturated rings. The smallest absolute Gasteiger partial charge is 0.156 e. The van der Waals surface area contributed by atoms with E-state index in [0.29, 0.717) is 28.9 Å². The van der Waals surface area contributed by atoms with Gasteiger partial charge in [-0.25, -0.2) is 0 Å².